The third-order valence-electron chi connectivity index (χ3n) is 6.65. The van der Waals surface area contributed by atoms with Gasteiger partial charge >= 0.3 is 11.9 Å². The van der Waals surface area contributed by atoms with E-state index in [1.54, 1.807) is 53.7 Å². The zero-order valence-electron chi connectivity index (χ0n) is 28.9. The smallest absolute Gasteiger partial charge is 0.323 e. The van der Waals surface area contributed by atoms with E-state index in [9.17, 15) is 24.0 Å². The van der Waals surface area contributed by atoms with Gasteiger partial charge in [-0.15, -0.1) is 0 Å². The summed E-state index contributed by atoms with van der Waals surface area (Å²) in [5.74, 6) is -0.932. The minimum Gasteiger partial charge on any atom is -0.459 e. The quantitative estimate of drug-likeness (QED) is 0.243. The standard InChI is InChI=1S/C31H58N6O7/c1-24(38)21-34-13-14-35(22-25(2)39)17-19-37(20-18-36(16-15-34)23-28(41)43-30(3,4)5)26(29(42)44-31(6,7)8)11-12-27(40)32-33(9)10/h26H,11-23H2,1-10H3,(H,32,40)/t26-/m1/s1. The third kappa shape index (κ3) is 18.4. The summed E-state index contributed by atoms with van der Waals surface area (Å²) in [6, 6.07) is -0.721. The van der Waals surface area contributed by atoms with Gasteiger partial charge in [0.1, 0.15) is 28.8 Å². The molecule has 0 saturated carbocycles. The van der Waals surface area contributed by atoms with E-state index < -0.39 is 23.2 Å². The van der Waals surface area contributed by atoms with Crippen LogP contribution < -0.4 is 5.43 Å². The average molecular weight is 627 g/mol. The molecule has 1 aliphatic rings. The number of carbonyl (C=O) groups excluding carboxylic acids is 5. The minimum absolute atomic E-state index is 0.0225. The van der Waals surface area contributed by atoms with Crippen LogP contribution in [0.5, 0.6) is 0 Å². The Morgan fingerprint density at radius 3 is 1.48 bits per heavy atom. The van der Waals surface area contributed by atoms with Gasteiger partial charge in [-0.2, -0.15) is 0 Å². The lowest BCUT2D eigenvalue weighted by molar-refractivity contribution is -0.163. The molecule has 13 nitrogen and oxygen atoms in total. The molecule has 44 heavy (non-hydrogen) atoms. The summed E-state index contributed by atoms with van der Waals surface area (Å²) < 4.78 is 11.4. The summed E-state index contributed by atoms with van der Waals surface area (Å²) in [6.07, 6.45) is 0.344. The summed E-state index contributed by atoms with van der Waals surface area (Å²) in [5.41, 5.74) is 1.37. The second kappa shape index (κ2) is 18.5. The number of nitrogens with zero attached hydrogens (tertiary/aromatic N) is 5. The number of Topliss-reactive ketones (excluding diaryl/α,β-unsaturated/α-hetero) is 2. The van der Waals surface area contributed by atoms with Crippen molar-refractivity contribution < 1.29 is 33.4 Å². The third-order valence-corrected chi connectivity index (χ3v) is 6.65. The van der Waals surface area contributed by atoms with Crippen molar-refractivity contribution in [1.29, 1.82) is 0 Å². The van der Waals surface area contributed by atoms with Crippen LogP contribution in [0, 0.1) is 0 Å². The van der Waals surface area contributed by atoms with Crippen LogP contribution >= 0.6 is 0 Å². The van der Waals surface area contributed by atoms with Crippen LogP contribution in [0.15, 0.2) is 0 Å². The van der Waals surface area contributed by atoms with E-state index in [0.29, 0.717) is 52.4 Å². The molecule has 1 N–H and O–H groups in total. The minimum atomic E-state index is -0.725. The normalized spacial score (nSPS) is 18.2. The molecule has 1 atom stereocenters. The maximum atomic E-state index is 13.6. The summed E-state index contributed by atoms with van der Waals surface area (Å²) >= 11 is 0. The van der Waals surface area contributed by atoms with Crippen LogP contribution in [-0.4, -0.2) is 157 Å². The fraction of sp³-hybridized carbons (Fsp3) is 0.839. The first-order chi connectivity index (χ1) is 20.2. The van der Waals surface area contributed by atoms with Gasteiger partial charge < -0.3 is 9.47 Å². The molecule has 1 rings (SSSR count). The van der Waals surface area contributed by atoms with Crippen LogP contribution in [0.4, 0.5) is 0 Å². The van der Waals surface area contributed by atoms with E-state index >= 15 is 0 Å². The Labute approximate surface area is 264 Å². The van der Waals surface area contributed by atoms with Gasteiger partial charge in [-0.1, -0.05) is 0 Å². The molecule has 254 valence electrons. The Hall–Kier alpha value is -2.45. The monoisotopic (exact) mass is 626 g/mol. The van der Waals surface area contributed by atoms with Crippen LogP contribution in [0.2, 0.25) is 0 Å². The summed E-state index contributed by atoms with van der Waals surface area (Å²) in [6.45, 7) is 18.5. The Morgan fingerprint density at radius 1 is 0.682 bits per heavy atom. The Kier molecular flexibility index (Phi) is 16.6. The topological polar surface area (TPSA) is 132 Å². The van der Waals surface area contributed by atoms with E-state index in [4.69, 9.17) is 9.47 Å². The largest absolute Gasteiger partial charge is 0.459 e. The fourth-order valence-electron chi connectivity index (χ4n) is 4.92. The highest BCUT2D eigenvalue weighted by Gasteiger charge is 2.32. The van der Waals surface area contributed by atoms with E-state index in [2.05, 4.69) is 5.43 Å². The van der Waals surface area contributed by atoms with Crippen molar-refractivity contribution in [2.75, 3.05) is 86.1 Å². The van der Waals surface area contributed by atoms with Crippen molar-refractivity contribution in [3.05, 3.63) is 0 Å². The van der Waals surface area contributed by atoms with Gasteiger partial charge in [-0.3, -0.25) is 49.0 Å². The SMILES string of the molecule is CC(=O)CN1CCN(CC(C)=O)CCN([C@H](CCC(=O)NN(C)C)C(=O)OC(C)(C)C)CCN(CC(=O)OC(C)(C)C)CC1. The molecule has 0 bridgehead atoms. The van der Waals surface area contributed by atoms with Crippen LogP contribution in [-0.2, 0) is 33.4 Å². The molecule has 13 heteroatoms. The van der Waals surface area contributed by atoms with Crippen molar-refractivity contribution >= 4 is 29.4 Å². The van der Waals surface area contributed by atoms with Gasteiger partial charge in [0.15, 0.2) is 0 Å². The van der Waals surface area contributed by atoms with E-state index in [1.165, 1.54) is 0 Å². The van der Waals surface area contributed by atoms with Crippen molar-refractivity contribution in [2.45, 2.75) is 85.5 Å². The first kappa shape index (κ1) is 39.6. The highest BCUT2D eigenvalue weighted by atomic mass is 16.6. The Morgan fingerprint density at radius 2 is 1.09 bits per heavy atom. The predicted molar refractivity (Wildman–Crippen MR) is 169 cm³/mol. The number of ketones is 2. The number of hydrogen-bond donors (Lipinski definition) is 1. The van der Waals surface area contributed by atoms with Crippen molar-refractivity contribution in [3.8, 4) is 0 Å². The molecule has 0 aromatic carbocycles. The number of ether oxygens (including phenoxy) is 2. The molecule has 1 fully saturated rings. The summed E-state index contributed by atoms with van der Waals surface area (Å²) in [5, 5.41) is 1.56. The predicted octanol–water partition coefficient (Wildman–Crippen LogP) is 0.811. The number of carbonyl (C=O) groups is 5. The molecule has 1 amide bonds. The maximum absolute atomic E-state index is 13.6. The maximum Gasteiger partial charge on any atom is 0.323 e. The molecular formula is C31H58N6O7. The zero-order valence-corrected chi connectivity index (χ0v) is 28.9. The van der Waals surface area contributed by atoms with Crippen molar-refractivity contribution in [1.82, 2.24) is 30.0 Å². The second-order valence-corrected chi connectivity index (χ2v) is 13.9. The van der Waals surface area contributed by atoms with Crippen molar-refractivity contribution in [3.63, 3.8) is 0 Å². The van der Waals surface area contributed by atoms with Gasteiger partial charge in [-0.25, -0.2) is 5.01 Å². The van der Waals surface area contributed by atoms with E-state index in [0.717, 1.165) is 0 Å². The molecule has 1 saturated heterocycles. The number of rotatable bonds is 12. The average Bonchev–Trinajstić information content (AvgIpc) is 2.81. The second-order valence-electron chi connectivity index (χ2n) is 13.9. The highest BCUT2D eigenvalue weighted by molar-refractivity contribution is 5.79. The Bertz CT molecular complexity index is 960. The lowest BCUT2D eigenvalue weighted by atomic mass is 10.1. The molecular weight excluding hydrogens is 568 g/mol. The Balaban J connectivity index is 3.39. The van der Waals surface area contributed by atoms with Gasteiger partial charge in [-0.05, 0) is 61.8 Å². The summed E-state index contributed by atoms with van der Waals surface area (Å²) in [7, 11) is 3.44. The molecule has 1 heterocycles. The lowest BCUT2D eigenvalue weighted by Crippen LogP contribution is -2.53. The first-order valence-corrected chi connectivity index (χ1v) is 15.6. The molecule has 0 unspecified atom stereocenters. The zero-order chi connectivity index (χ0) is 33.7. The van der Waals surface area contributed by atoms with Crippen LogP contribution in [0.1, 0.15) is 68.2 Å². The van der Waals surface area contributed by atoms with Crippen LogP contribution in [0.25, 0.3) is 0 Å². The van der Waals surface area contributed by atoms with E-state index in [-0.39, 0.29) is 55.9 Å². The first-order valence-electron chi connectivity index (χ1n) is 15.6. The molecule has 0 aliphatic carbocycles. The number of hydrogen-bond acceptors (Lipinski definition) is 12. The van der Waals surface area contributed by atoms with Crippen molar-refractivity contribution in [2.24, 2.45) is 0 Å². The lowest BCUT2D eigenvalue weighted by Gasteiger charge is -2.37. The van der Waals surface area contributed by atoms with Gasteiger partial charge in [0.05, 0.1) is 19.6 Å². The fourth-order valence-corrected chi connectivity index (χ4v) is 4.92. The molecule has 0 spiro atoms. The molecule has 0 radical (unpaired) electrons. The van der Waals surface area contributed by atoms with E-state index in [1.807, 2.05) is 40.4 Å². The number of hydrazine groups is 1. The molecule has 0 aromatic heterocycles. The van der Waals surface area contributed by atoms with Crippen LogP contribution in [0.3, 0.4) is 0 Å². The molecule has 0 aromatic rings. The number of esters is 2. The van der Waals surface area contributed by atoms with Gasteiger partial charge in [0.25, 0.3) is 0 Å². The summed E-state index contributed by atoms with van der Waals surface area (Å²) in [4.78, 5) is 71.2. The highest BCUT2D eigenvalue weighted by Crippen LogP contribution is 2.17. The number of nitrogens with one attached hydrogen (secondary N) is 1. The van der Waals surface area contributed by atoms with Gasteiger partial charge in [0, 0.05) is 72.9 Å². The number of amides is 1. The molecule has 1 aliphatic heterocycles. The van der Waals surface area contributed by atoms with Gasteiger partial charge in [0.2, 0.25) is 5.91 Å².